The zero-order chi connectivity index (χ0) is 11.1. The van der Waals surface area contributed by atoms with Gasteiger partial charge in [0, 0.05) is 23.1 Å². The van der Waals surface area contributed by atoms with Crippen LogP contribution in [-0.2, 0) is 0 Å². The molecule has 0 aliphatic carbocycles. The Morgan fingerprint density at radius 1 is 1.31 bits per heavy atom. The van der Waals surface area contributed by atoms with Crippen LogP contribution in [0.4, 0.5) is 10.2 Å². The van der Waals surface area contributed by atoms with Crippen LogP contribution >= 0.6 is 0 Å². The maximum Gasteiger partial charge on any atom is 0.145 e. The van der Waals surface area contributed by atoms with Crippen LogP contribution in [0.25, 0.3) is 22.2 Å². The number of H-pyrrole nitrogens is 1. The molecule has 4 nitrogen and oxygen atoms in total. The van der Waals surface area contributed by atoms with Gasteiger partial charge in [-0.2, -0.15) is 5.10 Å². The largest absolute Gasteiger partial charge is 0.464 e. The van der Waals surface area contributed by atoms with Gasteiger partial charge in [0.15, 0.2) is 0 Å². The van der Waals surface area contributed by atoms with E-state index in [0.717, 1.165) is 5.39 Å². The van der Waals surface area contributed by atoms with E-state index in [9.17, 15) is 4.39 Å². The number of nitrogens with one attached hydrogen (secondary N) is 1. The summed E-state index contributed by atoms with van der Waals surface area (Å²) in [7, 11) is 0. The molecule has 0 bridgehead atoms. The highest BCUT2D eigenvalue weighted by molar-refractivity contribution is 5.83. The molecule has 16 heavy (non-hydrogen) atoms. The molecule has 0 aliphatic heterocycles. The molecule has 5 heteroatoms. The Balaban J connectivity index is 2.26. The minimum absolute atomic E-state index is 0.335. The number of nitrogen functional groups attached to an aromatic ring is 1. The fourth-order valence-electron chi connectivity index (χ4n) is 1.67. The van der Waals surface area contributed by atoms with Crippen molar-refractivity contribution in [3.63, 3.8) is 0 Å². The lowest BCUT2D eigenvalue weighted by Gasteiger charge is -1.99. The fourth-order valence-corrected chi connectivity index (χ4v) is 1.67. The number of hydrogen-bond donors (Lipinski definition) is 2. The Bertz CT molecular complexity index is 656. The van der Waals surface area contributed by atoms with Crippen molar-refractivity contribution in [2.45, 2.75) is 0 Å². The second-order valence-electron chi connectivity index (χ2n) is 3.50. The van der Waals surface area contributed by atoms with Crippen LogP contribution < -0.4 is 5.73 Å². The maximum absolute atomic E-state index is 13.7. The van der Waals surface area contributed by atoms with Crippen molar-refractivity contribution in [1.82, 2.24) is 10.2 Å². The van der Waals surface area contributed by atoms with Crippen LogP contribution in [-0.4, -0.2) is 10.2 Å². The summed E-state index contributed by atoms with van der Waals surface area (Å²) in [5.41, 5.74) is 6.98. The number of hydrogen-bond acceptors (Lipinski definition) is 3. The normalized spacial score (nSPS) is 11.1. The number of nitrogens with zero attached hydrogens (tertiary/aromatic N) is 1. The van der Waals surface area contributed by atoms with E-state index in [1.54, 1.807) is 18.2 Å². The van der Waals surface area contributed by atoms with Crippen LogP contribution in [0.3, 0.4) is 0 Å². The van der Waals surface area contributed by atoms with Gasteiger partial charge in [0.25, 0.3) is 0 Å². The Morgan fingerprint density at radius 3 is 2.94 bits per heavy atom. The third-order valence-electron chi connectivity index (χ3n) is 2.43. The van der Waals surface area contributed by atoms with Gasteiger partial charge < -0.3 is 10.2 Å². The summed E-state index contributed by atoms with van der Waals surface area (Å²) >= 11 is 0. The monoisotopic (exact) mass is 217 g/mol. The van der Waals surface area contributed by atoms with Crippen molar-refractivity contribution in [2.24, 2.45) is 0 Å². The van der Waals surface area contributed by atoms with Gasteiger partial charge in [-0.1, -0.05) is 0 Å². The molecule has 2 heterocycles. The number of aromatic amines is 1. The summed E-state index contributed by atoms with van der Waals surface area (Å²) in [5.74, 6) is -0.0345. The van der Waals surface area contributed by atoms with E-state index >= 15 is 0 Å². The lowest BCUT2D eigenvalue weighted by atomic mass is 10.1. The lowest BCUT2D eigenvalue weighted by Crippen LogP contribution is -1.84. The molecule has 3 N–H and O–H groups in total. The van der Waals surface area contributed by atoms with E-state index in [4.69, 9.17) is 10.2 Å². The topological polar surface area (TPSA) is 67.8 Å². The van der Waals surface area contributed by atoms with E-state index in [0.29, 0.717) is 22.7 Å². The first-order valence-corrected chi connectivity index (χ1v) is 4.72. The van der Waals surface area contributed by atoms with Gasteiger partial charge in [-0.25, -0.2) is 4.39 Å². The molecule has 0 unspecified atom stereocenters. The Hall–Kier alpha value is -2.30. The summed E-state index contributed by atoms with van der Waals surface area (Å²) < 4.78 is 18.8. The number of anilines is 1. The Kier molecular flexibility index (Phi) is 1.73. The molecule has 0 saturated carbocycles. The highest BCUT2D eigenvalue weighted by Gasteiger charge is 2.10. The minimum atomic E-state index is -0.369. The van der Waals surface area contributed by atoms with E-state index in [1.165, 1.54) is 12.3 Å². The minimum Gasteiger partial charge on any atom is -0.464 e. The van der Waals surface area contributed by atoms with Crippen molar-refractivity contribution >= 4 is 16.8 Å². The molecule has 2 aromatic heterocycles. The summed E-state index contributed by atoms with van der Waals surface area (Å²) in [6.45, 7) is 0. The first-order valence-electron chi connectivity index (χ1n) is 4.72. The van der Waals surface area contributed by atoms with Gasteiger partial charge >= 0.3 is 0 Å². The predicted molar refractivity (Wildman–Crippen MR) is 58.2 cm³/mol. The van der Waals surface area contributed by atoms with E-state index in [-0.39, 0.29) is 5.82 Å². The van der Waals surface area contributed by atoms with Crippen molar-refractivity contribution in [3.05, 3.63) is 36.3 Å². The van der Waals surface area contributed by atoms with Crippen molar-refractivity contribution < 1.29 is 8.81 Å². The average Bonchev–Trinajstić information content (AvgIpc) is 2.84. The number of fused-ring (bicyclic) bond motifs is 1. The SMILES string of the molecule is Nc1cc(-c2cc3ccoc3cc2F)[nH]n1. The second kappa shape index (κ2) is 3.10. The molecule has 1 aromatic carbocycles. The van der Waals surface area contributed by atoms with Gasteiger partial charge in [0.1, 0.15) is 17.2 Å². The maximum atomic E-state index is 13.7. The number of furan rings is 1. The summed E-state index contributed by atoms with van der Waals surface area (Å²) in [6.07, 6.45) is 1.52. The highest BCUT2D eigenvalue weighted by Crippen LogP contribution is 2.27. The first kappa shape index (κ1) is 8.96. The first-order chi connectivity index (χ1) is 7.74. The molecule has 80 valence electrons. The average molecular weight is 217 g/mol. The third-order valence-corrected chi connectivity index (χ3v) is 2.43. The van der Waals surface area contributed by atoms with Crippen LogP contribution in [0, 0.1) is 5.82 Å². The molecule has 0 radical (unpaired) electrons. The molecule has 3 aromatic rings. The predicted octanol–water partition coefficient (Wildman–Crippen LogP) is 2.54. The van der Waals surface area contributed by atoms with Crippen molar-refractivity contribution in [3.8, 4) is 11.3 Å². The van der Waals surface area contributed by atoms with Crippen LogP contribution in [0.1, 0.15) is 0 Å². The van der Waals surface area contributed by atoms with E-state index in [1.807, 2.05) is 0 Å². The van der Waals surface area contributed by atoms with Gasteiger partial charge in [-0.3, -0.25) is 5.10 Å². The van der Waals surface area contributed by atoms with E-state index < -0.39 is 0 Å². The van der Waals surface area contributed by atoms with Gasteiger partial charge in [0.05, 0.1) is 12.0 Å². The molecule has 0 saturated heterocycles. The molecular weight excluding hydrogens is 209 g/mol. The second-order valence-corrected chi connectivity index (χ2v) is 3.50. The number of nitrogens with two attached hydrogens (primary N) is 1. The molecule has 0 atom stereocenters. The standard InChI is InChI=1S/C11H8FN3O/c12-8-4-10-6(1-2-16-10)3-7(8)9-5-11(13)15-14-9/h1-5H,(H3,13,14,15). The molecule has 0 spiro atoms. The third kappa shape index (κ3) is 1.25. The molecule has 3 rings (SSSR count). The number of halogens is 1. The number of rotatable bonds is 1. The highest BCUT2D eigenvalue weighted by atomic mass is 19.1. The molecule has 0 aliphatic rings. The van der Waals surface area contributed by atoms with Gasteiger partial charge in [-0.05, 0) is 12.1 Å². The summed E-state index contributed by atoms with van der Waals surface area (Å²) in [5, 5.41) is 7.28. The lowest BCUT2D eigenvalue weighted by molar-refractivity contribution is 0.600. The fraction of sp³-hybridized carbons (Fsp3) is 0. The Morgan fingerprint density at radius 2 is 2.19 bits per heavy atom. The van der Waals surface area contributed by atoms with E-state index in [2.05, 4.69) is 10.2 Å². The molecule has 0 fully saturated rings. The zero-order valence-corrected chi connectivity index (χ0v) is 8.20. The van der Waals surface area contributed by atoms with Crippen LogP contribution in [0.15, 0.2) is 34.9 Å². The smallest absolute Gasteiger partial charge is 0.145 e. The van der Waals surface area contributed by atoms with Gasteiger partial charge in [0.2, 0.25) is 0 Å². The number of aromatic nitrogens is 2. The van der Waals surface area contributed by atoms with Crippen LogP contribution in [0.5, 0.6) is 0 Å². The summed E-state index contributed by atoms with van der Waals surface area (Å²) in [4.78, 5) is 0. The van der Waals surface area contributed by atoms with Crippen molar-refractivity contribution in [1.29, 1.82) is 0 Å². The Labute approximate surface area is 89.9 Å². The quantitative estimate of drug-likeness (QED) is 0.658. The van der Waals surface area contributed by atoms with Gasteiger partial charge in [-0.15, -0.1) is 0 Å². The molecular formula is C11H8FN3O. The zero-order valence-electron chi connectivity index (χ0n) is 8.20. The van der Waals surface area contributed by atoms with Crippen LogP contribution in [0.2, 0.25) is 0 Å². The summed E-state index contributed by atoms with van der Waals surface area (Å²) in [6, 6.07) is 6.41. The molecule has 0 amide bonds. The number of benzene rings is 1. The van der Waals surface area contributed by atoms with Crippen molar-refractivity contribution in [2.75, 3.05) is 5.73 Å².